The van der Waals surface area contributed by atoms with Gasteiger partial charge in [0, 0.05) is 36.5 Å². The topological polar surface area (TPSA) is 63.9 Å². The van der Waals surface area contributed by atoms with Gasteiger partial charge in [-0.25, -0.2) is 0 Å². The number of aryl methyl sites for hydroxylation is 3. The van der Waals surface area contributed by atoms with Gasteiger partial charge in [-0.15, -0.1) is 0 Å². The van der Waals surface area contributed by atoms with Crippen molar-refractivity contribution in [2.75, 3.05) is 27.3 Å². The number of hydrogen-bond donors (Lipinski definition) is 1. The van der Waals surface area contributed by atoms with Crippen LogP contribution >= 0.6 is 0 Å². The molecule has 5 rings (SSSR count). The van der Waals surface area contributed by atoms with Crippen molar-refractivity contribution in [1.29, 1.82) is 0 Å². The molecular formula is C28H32N2O4. The molecule has 3 aromatic rings. The van der Waals surface area contributed by atoms with Crippen molar-refractivity contribution in [2.24, 2.45) is 0 Å². The summed E-state index contributed by atoms with van der Waals surface area (Å²) in [6, 6.07) is 8.04. The van der Waals surface area contributed by atoms with Gasteiger partial charge in [-0.2, -0.15) is 0 Å². The van der Waals surface area contributed by atoms with E-state index in [0.29, 0.717) is 17.2 Å². The molecule has 2 aliphatic rings. The Morgan fingerprint density at radius 2 is 1.53 bits per heavy atom. The second-order valence-electron chi connectivity index (χ2n) is 9.41. The number of amides is 1. The maximum Gasteiger partial charge on any atom is 0.256 e. The molecule has 0 radical (unpaired) electrons. The highest BCUT2D eigenvalue weighted by atomic mass is 16.5. The minimum Gasteiger partial charge on any atom is -0.507 e. The van der Waals surface area contributed by atoms with Crippen molar-refractivity contribution >= 4 is 5.91 Å². The van der Waals surface area contributed by atoms with Gasteiger partial charge in [0.1, 0.15) is 5.75 Å². The van der Waals surface area contributed by atoms with Gasteiger partial charge >= 0.3 is 0 Å². The number of carbonyl (C=O) groups is 1. The molecule has 0 spiro atoms. The molecule has 0 unspecified atom stereocenters. The quantitative estimate of drug-likeness (QED) is 0.577. The monoisotopic (exact) mass is 460 g/mol. The van der Waals surface area contributed by atoms with Crippen LogP contribution < -0.4 is 9.47 Å². The summed E-state index contributed by atoms with van der Waals surface area (Å²) in [7, 11) is 3.29. The number of aromatic nitrogens is 1. The molecule has 0 atom stereocenters. The van der Waals surface area contributed by atoms with Crippen LogP contribution in [-0.4, -0.2) is 47.8 Å². The van der Waals surface area contributed by atoms with Crippen LogP contribution in [0.25, 0.3) is 22.4 Å². The van der Waals surface area contributed by atoms with Gasteiger partial charge in [0.25, 0.3) is 5.91 Å². The Labute approximate surface area is 200 Å². The largest absolute Gasteiger partial charge is 0.507 e. The third-order valence-corrected chi connectivity index (χ3v) is 7.38. The molecule has 1 amide bonds. The Morgan fingerprint density at radius 1 is 0.912 bits per heavy atom. The van der Waals surface area contributed by atoms with Crippen molar-refractivity contribution in [3.05, 3.63) is 52.2 Å². The molecule has 2 aromatic carbocycles. The second-order valence-corrected chi connectivity index (χ2v) is 9.41. The highest BCUT2D eigenvalue weighted by Gasteiger charge is 2.34. The van der Waals surface area contributed by atoms with Gasteiger partial charge in [-0.3, -0.25) is 4.79 Å². The average Bonchev–Trinajstić information content (AvgIpc) is 3.47. The third-order valence-electron chi connectivity index (χ3n) is 7.38. The van der Waals surface area contributed by atoms with Gasteiger partial charge in [0.15, 0.2) is 11.5 Å². The molecule has 34 heavy (non-hydrogen) atoms. The summed E-state index contributed by atoms with van der Waals surface area (Å²) in [4.78, 5) is 16.0. The molecule has 1 N–H and O–H groups in total. The van der Waals surface area contributed by atoms with Crippen molar-refractivity contribution in [3.8, 4) is 39.6 Å². The summed E-state index contributed by atoms with van der Waals surface area (Å²) in [5.41, 5.74) is 8.50. The van der Waals surface area contributed by atoms with E-state index in [2.05, 4.69) is 11.5 Å². The maximum atomic E-state index is 14.1. The van der Waals surface area contributed by atoms with Crippen molar-refractivity contribution in [3.63, 3.8) is 0 Å². The van der Waals surface area contributed by atoms with E-state index in [-0.39, 0.29) is 5.91 Å². The lowest BCUT2D eigenvalue weighted by Crippen LogP contribution is -2.28. The van der Waals surface area contributed by atoms with Crippen LogP contribution in [0.3, 0.4) is 0 Å². The number of rotatable bonds is 4. The van der Waals surface area contributed by atoms with Gasteiger partial charge in [0.2, 0.25) is 0 Å². The van der Waals surface area contributed by atoms with Gasteiger partial charge in [0.05, 0.1) is 25.5 Å². The number of phenolic OH excluding ortho intramolecular Hbond substituents is 1. The van der Waals surface area contributed by atoms with E-state index < -0.39 is 0 Å². The summed E-state index contributed by atoms with van der Waals surface area (Å²) >= 11 is 0. The molecule has 3 heterocycles. The Balaban J connectivity index is 1.82. The second kappa shape index (κ2) is 8.42. The first-order valence-electron chi connectivity index (χ1n) is 11.9. The minimum atomic E-state index is 0.0790. The number of ether oxygens (including phenoxy) is 2. The molecule has 6 heteroatoms. The standard InChI is InChI=1S/C28H32N2O4/c1-16-12-20(13-17(2)27(16)31)24-18(3)30-11-8-19-14-22(33-4)23(34-5)15-21(19)26(30)25(24)28(32)29-9-6-7-10-29/h12-15,31H,6-11H2,1-5H3. The zero-order chi connectivity index (χ0) is 24.1. The van der Waals surface area contributed by atoms with E-state index in [0.717, 1.165) is 89.2 Å². The molecule has 1 fully saturated rings. The molecule has 178 valence electrons. The molecule has 0 saturated carbocycles. The average molecular weight is 461 g/mol. The highest BCUT2D eigenvalue weighted by Crippen LogP contribution is 2.46. The van der Waals surface area contributed by atoms with Crippen molar-refractivity contribution in [1.82, 2.24) is 9.47 Å². The Bertz CT molecular complexity index is 1280. The number of fused-ring (bicyclic) bond motifs is 3. The third kappa shape index (κ3) is 3.35. The first-order valence-corrected chi connectivity index (χ1v) is 11.9. The van der Waals surface area contributed by atoms with Crippen LogP contribution in [0.4, 0.5) is 0 Å². The van der Waals surface area contributed by atoms with Gasteiger partial charge in [-0.05, 0) is 86.6 Å². The van der Waals surface area contributed by atoms with Crippen molar-refractivity contribution < 1.29 is 19.4 Å². The smallest absolute Gasteiger partial charge is 0.256 e. The normalized spacial score (nSPS) is 14.7. The van der Waals surface area contributed by atoms with E-state index in [1.807, 2.05) is 43.0 Å². The minimum absolute atomic E-state index is 0.0790. The number of aromatic hydroxyl groups is 1. The molecule has 1 saturated heterocycles. The van der Waals surface area contributed by atoms with Crippen LogP contribution in [0.1, 0.15) is 45.6 Å². The van der Waals surface area contributed by atoms with Gasteiger partial charge in [-0.1, -0.05) is 0 Å². The predicted molar refractivity (Wildman–Crippen MR) is 133 cm³/mol. The first kappa shape index (κ1) is 22.4. The molecule has 1 aromatic heterocycles. The molecule has 2 aliphatic heterocycles. The van der Waals surface area contributed by atoms with E-state index >= 15 is 0 Å². The summed E-state index contributed by atoms with van der Waals surface area (Å²) in [5, 5.41) is 10.4. The fourth-order valence-corrected chi connectivity index (χ4v) is 5.62. The van der Waals surface area contributed by atoms with Gasteiger partial charge < -0.3 is 24.0 Å². The SMILES string of the molecule is COc1cc2c(cc1OC)-c1c(C(=O)N3CCCC3)c(-c3cc(C)c(O)c(C)c3)c(C)n1CC2. The molecular weight excluding hydrogens is 428 g/mol. The number of likely N-dealkylation sites (tertiary alicyclic amines) is 1. The van der Waals surface area contributed by atoms with E-state index in [9.17, 15) is 9.90 Å². The lowest BCUT2D eigenvalue weighted by Gasteiger charge is -2.24. The number of benzene rings is 2. The Morgan fingerprint density at radius 3 is 2.15 bits per heavy atom. The van der Waals surface area contributed by atoms with E-state index in [1.54, 1.807) is 14.2 Å². The van der Waals surface area contributed by atoms with Crippen LogP contribution in [-0.2, 0) is 13.0 Å². The lowest BCUT2D eigenvalue weighted by molar-refractivity contribution is 0.0794. The number of hydrogen-bond acceptors (Lipinski definition) is 4. The number of phenols is 1. The summed E-state index contributed by atoms with van der Waals surface area (Å²) < 4.78 is 13.5. The number of nitrogens with zero attached hydrogens (tertiary/aromatic N) is 2. The molecule has 6 nitrogen and oxygen atoms in total. The fraction of sp³-hybridized carbons (Fsp3) is 0.393. The lowest BCUT2D eigenvalue weighted by atomic mass is 9.91. The Hall–Kier alpha value is -3.41. The summed E-state index contributed by atoms with van der Waals surface area (Å²) in [6.07, 6.45) is 2.92. The predicted octanol–water partition coefficient (Wildman–Crippen LogP) is 5.26. The van der Waals surface area contributed by atoms with E-state index in [4.69, 9.17) is 9.47 Å². The highest BCUT2D eigenvalue weighted by molar-refractivity contribution is 6.08. The van der Waals surface area contributed by atoms with Crippen molar-refractivity contribution in [2.45, 2.75) is 46.6 Å². The van der Waals surface area contributed by atoms with E-state index in [1.165, 1.54) is 0 Å². The maximum absolute atomic E-state index is 14.1. The zero-order valence-electron chi connectivity index (χ0n) is 20.6. The Kier molecular flexibility index (Phi) is 5.54. The summed E-state index contributed by atoms with van der Waals surface area (Å²) in [5.74, 6) is 1.75. The van der Waals surface area contributed by atoms with Crippen LogP contribution in [0.2, 0.25) is 0 Å². The summed E-state index contributed by atoms with van der Waals surface area (Å²) in [6.45, 7) is 8.28. The number of carbonyl (C=O) groups excluding carboxylic acids is 1. The van der Waals surface area contributed by atoms with Crippen LogP contribution in [0, 0.1) is 20.8 Å². The fourth-order valence-electron chi connectivity index (χ4n) is 5.62. The first-order chi connectivity index (χ1) is 16.3. The van der Waals surface area contributed by atoms with Crippen LogP contribution in [0.5, 0.6) is 17.2 Å². The van der Waals surface area contributed by atoms with Crippen LogP contribution in [0.15, 0.2) is 24.3 Å². The zero-order valence-corrected chi connectivity index (χ0v) is 20.6. The number of methoxy groups -OCH3 is 2. The molecule has 0 aliphatic carbocycles. The molecule has 0 bridgehead atoms.